The first-order valence-corrected chi connectivity index (χ1v) is 6.08. The Balaban J connectivity index is 1.77. The summed E-state index contributed by atoms with van der Waals surface area (Å²) in [6.45, 7) is 5.83. The van der Waals surface area contributed by atoms with Gasteiger partial charge in [-0.3, -0.25) is 4.79 Å². The summed E-state index contributed by atoms with van der Waals surface area (Å²) in [7, 11) is 0. The van der Waals surface area contributed by atoms with Crippen LogP contribution in [0.4, 0.5) is 5.13 Å². The van der Waals surface area contributed by atoms with Gasteiger partial charge in [-0.1, -0.05) is 25.2 Å². The van der Waals surface area contributed by atoms with Crippen molar-refractivity contribution in [1.82, 2.24) is 10.2 Å². The molecule has 0 spiro atoms. The summed E-state index contributed by atoms with van der Waals surface area (Å²) < 4.78 is 0. The van der Waals surface area contributed by atoms with Crippen LogP contribution in [0.2, 0.25) is 0 Å². The fourth-order valence-electron chi connectivity index (χ4n) is 1.68. The highest BCUT2D eigenvalue weighted by atomic mass is 32.1. The van der Waals surface area contributed by atoms with E-state index in [0.29, 0.717) is 18.1 Å². The lowest BCUT2D eigenvalue weighted by Crippen LogP contribution is -2.47. The van der Waals surface area contributed by atoms with Gasteiger partial charge in [-0.05, 0) is 0 Å². The third-order valence-electron chi connectivity index (χ3n) is 2.71. The largest absolute Gasteiger partial charge is 0.346 e. The molecule has 2 heterocycles. The summed E-state index contributed by atoms with van der Waals surface area (Å²) in [6.07, 6.45) is 0.715. The fraction of sp³-hybridized carbons (Fsp3) is 0.700. The second kappa shape index (κ2) is 4.26. The van der Waals surface area contributed by atoms with Crippen LogP contribution < -0.4 is 4.90 Å². The molecule has 1 fully saturated rings. The normalized spacial score (nSPS) is 16.9. The van der Waals surface area contributed by atoms with E-state index in [0.717, 1.165) is 18.2 Å². The lowest BCUT2D eigenvalue weighted by Gasteiger charge is -2.38. The summed E-state index contributed by atoms with van der Waals surface area (Å²) in [5, 5.41) is 8.77. The highest BCUT2D eigenvalue weighted by molar-refractivity contribution is 7.13. The lowest BCUT2D eigenvalue weighted by atomic mass is 9.91. The zero-order valence-corrected chi connectivity index (χ0v) is 9.83. The fourth-order valence-corrected chi connectivity index (χ4v) is 2.26. The molecular formula is C10H15N3OS. The zero-order valence-electron chi connectivity index (χ0n) is 9.01. The molecule has 0 atom stereocenters. The van der Waals surface area contributed by atoms with E-state index in [1.54, 1.807) is 16.8 Å². The van der Waals surface area contributed by atoms with E-state index in [4.69, 9.17) is 0 Å². The molecule has 5 heteroatoms. The van der Waals surface area contributed by atoms with Crippen molar-refractivity contribution in [2.24, 2.45) is 11.8 Å². The number of nitrogens with zero attached hydrogens (tertiary/aromatic N) is 3. The van der Waals surface area contributed by atoms with Gasteiger partial charge in [0.2, 0.25) is 5.13 Å². The predicted octanol–water partition coefficient (Wildman–Crippen LogP) is 1.59. The summed E-state index contributed by atoms with van der Waals surface area (Å²) in [4.78, 5) is 13.7. The number of rotatable bonds is 4. The van der Waals surface area contributed by atoms with Crippen LogP contribution in [0.3, 0.4) is 0 Å². The Kier molecular flexibility index (Phi) is 3.00. The molecule has 2 rings (SSSR count). The van der Waals surface area contributed by atoms with E-state index < -0.39 is 0 Å². The van der Waals surface area contributed by atoms with Gasteiger partial charge in [0, 0.05) is 31.3 Å². The van der Waals surface area contributed by atoms with Gasteiger partial charge in [0.05, 0.1) is 0 Å². The van der Waals surface area contributed by atoms with E-state index in [1.807, 2.05) is 13.8 Å². The zero-order chi connectivity index (χ0) is 10.8. The number of ketones is 1. The van der Waals surface area contributed by atoms with E-state index in [2.05, 4.69) is 15.1 Å². The average Bonchev–Trinajstić information content (AvgIpc) is 2.62. The Morgan fingerprint density at radius 2 is 2.40 bits per heavy atom. The molecule has 82 valence electrons. The quantitative estimate of drug-likeness (QED) is 0.780. The second-order valence-corrected chi connectivity index (χ2v) is 5.13. The molecule has 15 heavy (non-hydrogen) atoms. The van der Waals surface area contributed by atoms with Crippen LogP contribution in [0, 0.1) is 11.8 Å². The molecular weight excluding hydrogens is 210 g/mol. The maximum atomic E-state index is 11.5. The number of Topliss-reactive ketones (excluding diaryl/α,β-unsaturated/α-hetero) is 1. The molecule has 0 unspecified atom stereocenters. The van der Waals surface area contributed by atoms with Crippen molar-refractivity contribution >= 4 is 22.3 Å². The van der Waals surface area contributed by atoms with Crippen molar-refractivity contribution < 1.29 is 4.79 Å². The van der Waals surface area contributed by atoms with Crippen molar-refractivity contribution in [3.05, 3.63) is 5.51 Å². The van der Waals surface area contributed by atoms with Crippen LogP contribution in [-0.4, -0.2) is 29.1 Å². The van der Waals surface area contributed by atoms with Crippen LogP contribution in [0.1, 0.15) is 20.3 Å². The van der Waals surface area contributed by atoms with Crippen molar-refractivity contribution in [3.8, 4) is 0 Å². The second-order valence-electron chi connectivity index (χ2n) is 4.32. The first kappa shape index (κ1) is 10.5. The molecule has 0 saturated carbocycles. The highest BCUT2D eigenvalue weighted by Gasteiger charge is 2.30. The SMILES string of the molecule is CC(C)C(=O)CC1CN(c2nncs2)C1. The standard InChI is InChI=1S/C10H15N3OS/c1-7(2)9(14)3-8-4-13(5-8)10-12-11-6-15-10/h6-8H,3-5H2,1-2H3. The molecule has 1 saturated heterocycles. The van der Waals surface area contributed by atoms with Gasteiger partial charge in [0.15, 0.2) is 0 Å². The van der Waals surface area contributed by atoms with Gasteiger partial charge in [0.25, 0.3) is 0 Å². The molecule has 0 radical (unpaired) electrons. The molecule has 0 bridgehead atoms. The molecule has 0 N–H and O–H groups in total. The van der Waals surface area contributed by atoms with Crippen molar-refractivity contribution in [2.75, 3.05) is 18.0 Å². The van der Waals surface area contributed by atoms with Crippen molar-refractivity contribution in [1.29, 1.82) is 0 Å². The minimum atomic E-state index is 0.167. The number of anilines is 1. The van der Waals surface area contributed by atoms with Crippen LogP contribution in [0.15, 0.2) is 5.51 Å². The highest BCUT2D eigenvalue weighted by Crippen LogP contribution is 2.27. The molecule has 0 aliphatic carbocycles. The van der Waals surface area contributed by atoms with Crippen molar-refractivity contribution in [2.45, 2.75) is 20.3 Å². The molecule has 0 amide bonds. The third-order valence-corrected chi connectivity index (χ3v) is 3.46. The topological polar surface area (TPSA) is 46.1 Å². The first-order valence-electron chi connectivity index (χ1n) is 5.20. The lowest BCUT2D eigenvalue weighted by molar-refractivity contribution is -0.123. The number of hydrogen-bond acceptors (Lipinski definition) is 5. The summed E-state index contributed by atoms with van der Waals surface area (Å²) in [5.41, 5.74) is 1.74. The van der Waals surface area contributed by atoms with E-state index >= 15 is 0 Å². The van der Waals surface area contributed by atoms with Gasteiger partial charge in [-0.2, -0.15) is 0 Å². The predicted molar refractivity (Wildman–Crippen MR) is 60.1 cm³/mol. The molecule has 4 nitrogen and oxygen atoms in total. The number of hydrogen-bond donors (Lipinski definition) is 0. The van der Waals surface area contributed by atoms with E-state index in [1.165, 1.54) is 0 Å². The van der Waals surface area contributed by atoms with Gasteiger partial charge >= 0.3 is 0 Å². The van der Waals surface area contributed by atoms with Gasteiger partial charge in [-0.25, -0.2) is 0 Å². The Labute approximate surface area is 93.3 Å². The van der Waals surface area contributed by atoms with Crippen molar-refractivity contribution in [3.63, 3.8) is 0 Å². The molecule has 1 aromatic rings. The van der Waals surface area contributed by atoms with E-state index in [9.17, 15) is 4.79 Å². The van der Waals surface area contributed by atoms with Crippen LogP contribution >= 0.6 is 11.3 Å². The van der Waals surface area contributed by atoms with Gasteiger partial charge in [0.1, 0.15) is 11.3 Å². The maximum Gasteiger partial charge on any atom is 0.208 e. The monoisotopic (exact) mass is 225 g/mol. The maximum absolute atomic E-state index is 11.5. The number of carbonyl (C=O) groups excluding carboxylic acids is 1. The Bertz CT molecular complexity index is 330. The Morgan fingerprint density at radius 3 is 2.93 bits per heavy atom. The van der Waals surface area contributed by atoms with Gasteiger partial charge < -0.3 is 4.90 Å². The molecule has 1 aliphatic rings. The number of aromatic nitrogens is 2. The summed E-state index contributed by atoms with van der Waals surface area (Å²) >= 11 is 1.55. The third kappa shape index (κ3) is 2.34. The van der Waals surface area contributed by atoms with Crippen LogP contribution in [0.5, 0.6) is 0 Å². The van der Waals surface area contributed by atoms with Gasteiger partial charge in [-0.15, -0.1) is 10.2 Å². The van der Waals surface area contributed by atoms with Crippen LogP contribution in [-0.2, 0) is 4.79 Å². The molecule has 1 aliphatic heterocycles. The summed E-state index contributed by atoms with van der Waals surface area (Å²) in [6, 6.07) is 0. The Morgan fingerprint density at radius 1 is 1.67 bits per heavy atom. The Hall–Kier alpha value is -0.970. The molecule has 0 aromatic carbocycles. The van der Waals surface area contributed by atoms with E-state index in [-0.39, 0.29) is 5.92 Å². The average molecular weight is 225 g/mol. The van der Waals surface area contributed by atoms with Crippen LogP contribution in [0.25, 0.3) is 0 Å². The minimum Gasteiger partial charge on any atom is -0.346 e. The first-order chi connectivity index (χ1) is 7.16. The minimum absolute atomic E-state index is 0.167. The number of carbonyl (C=O) groups is 1. The summed E-state index contributed by atoms with van der Waals surface area (Å²) in [5.74, 6) is 1.06. The smallest absolute Gasteiger partial charge is 0.208 e. The molecule has 1 aromatic heterocycles.